The van der Waals surface area contributed by atoms with Crippen molar-refractivity contribution in [1.29, 1.82) is 0 Å². The van der Waals surface area contributed by atoms with E-state index in [0.29, 0.717) is 17.4 Å². The van der Waals surface area contributed by atoms with Gasteiger partial charge in [-0.15, -0.1) is 0 Å². The first-order valence-electron chi connectivity index (χ1n) is 8.25. The SMILES string of the molecule is CC(C)(C(=O)N1CC[C@@H]2CNC[C@@H]2CC1)c1ccccc1F. The lowest BCUT2D eigenvalue weighted by molar-refractivity contribution is -0.136. The number of hydrogen-bond donors (Lipinski definition) is 1. The fourth-order valence-electron chi connectivity index (χ4n) is 3.90. The Bertz CT molecular complexity index is 544. The Morgan fingerprint density at radius 2 is 1.77 bits per heavy atom. The maximum atomic E-state index is 14.1. The summed E-state index contributed by atoms with van der Waals surface area (Å²) in [5.74, 6) is 1.13. The summed E-state index contributed by atoms with van der Waals surface area (Å²) >= 11 is 0. The van der Waals surface area contributed by atoms with Crippen LogP contribution in [0.1, 0.15) is 32.3 Å². The van der Waals surface area contributed by atoms with Crippen molar-refractivity contribution in [2.45, 2.75) is 32.1 Å². The normalized spacial score (nSPS) is 25.7. The number of carbonyl (C=O) groups excluding carboxylic acids is 1. The first-order valence-corrected chi connectivity index (χ1v) is 8.25. The minimum absolute atomic E-state index is 0.0468. The predicted molar refractivity (Wildman–Crippen MR) is 85.1 cm³/mol. The molecule has 3 nitrogen and oxygen atoms in total. The Balaban J connectivity index is 1.76. The van der Waals surface area contributed by atoms with Gasteiger partial charge >= 0.3 is 0 Å². The second-order valence-corrected chi connectivity index (χ2v) is 7.15. The van der Waals surface area contributed by atoms with Crippen LogP contribution >= 0.6 is 0 Å². The zero-order valence-electron chi connectivity index (χ0n) is 13.4. The summed E-state index contributed by atoms with van der Waals surface area (Å²) in [5.41, 5.74) is -0.325. The molecule has 0 radical (unpaired) electrons. The molecule has 0 unspecified atom stereocenters. The number of benzene rings is 1. The van der Waals surface area contributed by atoms with Gasteiger partial charge in [-0.3, -0.25) is 4.79 Å². The first kappa shape index (κ1) is 15.5. The smallest absolute Gasteiger partial charge is 0.232 e. The number of nitrogens with one attached hydrogen (secondary N) is 1. The molecule has 1 aromatic rings. The van der Waals surface area contributed by atoms with Crippen LogP contribution in [0, 0.1) is 17.7 Å². The van der Waals surface area contributed by atoms with E-state index in [0.717, 1.165) is 39.0 Å². The number of hydrogen-bond acceptors (Lipinski definition) is 2. The average Bonchev–Trinajstić information content (AvgIpc) is 2.86. The van der Waals surface area contributed by atoms with Crippen LogP contribution in [0.2, 0.25) is 0 Å². The van der Waals surface area contributed by atoms with E-state index in [4.69, 9.17) is 0 Å². The summed E-state index contributed by atoms with van der Waals surface area (Å²) in [7, 11) is 0. The highest BCUT2D eigenvalue weighted by atomic mass is 19.1. The molecule has 2 aliphatic rings. The van der Waals surface area contributed by atoms with Gasteiger partial charge in [0.25, 0.3) is 0 Å². The van der Waals surface area contributed by atoms with Crippen LogP contribution in [0.5, 0.6) is 0 Å². The Kier molecular flexibility index (Phi) is 4.22. The third-order valence-electron chi connectivity index (χ3n) is 5.39. The van der Waals surface area contributed by atoms with E-state index in [1.54, 1.807) is 18.2 Å². The summed E-state index contributed by atoms with van der Waals surface area (Å²) in [4.78, 5) is 14.9. The summed E-state index contributed by atoms with van der Waals surface area (Å²) in [6.07, 6.45) is 2.10. The Hall–Kier alpha value is -1.42. The highest BCUT2D eigenvalue weighted by Gasteiger charge is 2.38. The molecule has 2 saturated heterocycles. The van der Waals surface area contributed by atoms with Crippen molar-refractivity contribution in [1.82, 2.24) is 10.2 Å². The van der Waals surface area contributed by atoms with Crippen molar-refractivity contribution in [3.05, 3.63) is 35.6 Å². The van der Waals surface area contributed by atoms with Crippen LogP contribution in [0.25, 0.3) is 0 Å². The number of halogens is 1. The number of rotatable bonds is 2. The standard InChI is InChI=1S/C18H25FN2O/c1-18(2,15-5-3-4-6-16(15)19)17(22)21-9-7-13-11-20-12-14(13)8-10-21/h3-6,13-14,20H,7-12H2,1-2H3/t13-,14+. The molecule has 0 aromatic heterocycles. The topological polar surface area (TPSA) is 32.3 Å². The monoisotopic (exact) mass is 304 g/mol. The second kappa shape index (κ2) is 5.99. The molecule has 2 aliphatic heterocycles. The van der Waals surface area contributed by atoms with E-state index < -0.39 is 5.41 Å². The van der Waals surface area contributed by atoms with Crippen LogP contribution in [0.15, 0.2) is 24.3 Å². The van der Waals surface area contributed by atoms with Gasteiger partial charge in [-0.1, -0.05) is 18.2 Å². The van der Waals surface area contributed by atoms with Gasteiger partial charge in [-0.25, -0.2) is 4.39 Å². The lowest BCUT2D eigenvalue weighted by Crippen LogP contribution is -2.44. The van der Waals surface area contributed by atoms with Crippen LogP contribution in [-0.2, 0) is 10.2 Å². The van der Waals surface area contributed by atoms with Gasteiger partial charge in [0, 0.05) is 18.7 Å². The predicted octanol–water partition coefficient (Wildman–Crippen LogP) is 2.56. The molecule has 4 heteroatoms. The van der Waals surface area contributed by atoms with E-state index in [1.807, 2.05) is 18.7 Å². The van der Waals surface area contributed by atoms with Crippen LogP contribution in [0.4, 0.5) is 4.39 Å². The van der Waals surface area contributed by atoms with E-state index >= 15 is 0 Å². The summed E-state index contributed by atoms with van der Waals surface area (Å²) in [6, 6.07) is 6.62. The quantitative estimate of drug-likeness (QED) is 0.911. The van der Waals surface area contributed by atoms with E-state index in [-0.39, 0.29) is 11.7 Å². The molecule has 2 fully saturated rings. The molecule has 1 amide bonds. The van der Waals surface area contributed by atoms with Gasteiger partial charge < -0.3 is 10.2 Å². The molecule has 3 rings (SSSR count). The maximum Gasteiger partial charge on any atom is 0.232 e. The number of fused-ring (bicyclic) bond motifs is 1. The maximum absolute atomic E-state index is 14.1. The molecule has 120 valence electrons. The molecule has 0 spiro atoms. The fraction of sp³-hybridized carbons (Fsp3) is 0.611. The van der Waals surface area contributed by atoms with E-state index in [2.05, 4.69) is 5.32 Å². The molecule has 0 aliphatic carbocycles. The fourth-order valence-corrected chi connectivity index (χ4v) is 3.90. The van der Waals surface area contributed by atoms with Crippen molar-refractivity contribution in [3.8, 4) is 0 Å². The van der Waals surface area contributed by atoms with Crippen LogP contribution < -0.4 is 5.32 Å². The van der Waals surface area contributed by atoms with Crippen LogP contribution in [-0.4, -0.2) is 37.0 Å². The highest BCUT2D eigenvalue weighted by molar-refractivity contribution is 5.87. The van der Waals surface area contributed by atoms with Gasteiger partial charge in [-0.05, 0) is 57.7 Å². The van der Waals surface area contributed by atoms with Gasteiger partial charge in [-0.2, -0.15) is 0 Å². The van der Waals surface area contributed by atoms with Crippen molar-refractivity contribution in [2.75, 3.05) is 26.2 Å². The minimum atomic E-state index is -0.816. The van der Waals surface area contributed by atoms with Crippen molar-refractivity contribution >= 4 is 5.91 Å². The third-order valence-corrected chi connectivity index (χ3v) is 5.39. The molecular formula is C18H25FN2O. The van der Waals surface area contributed by atoms with Gasteiger partial charge in [0.15, 0.2) is 0 Å². The van der Waals surface area contributed by atoms with Crippen molar-refractivity contribution in [3.63, 3.8) is 0 Å². The molecule has 1 aromatic carbocycles. The molecular weight excluding hydrogens is 279 g/mol. The second-order valence-electron chi connectivity index (χ2n) is 7.15. The number of nitrogens with zero attached hydrogens (tertiary/aromatic N) is 1. The van der Waals surface area contributed by atoms with E-state index in [1.165, 1.54) is 6.07 Å². The molecule has 22 heavy (non-hydrogen) atoms. The Morgan fingerprint density at radius 1 is 1.18 bits per heavy atom. The zero-order chi connectivity index (χ0) is 15.7. The highest BCUT2D eigenvalue weighted by Crippen LogP contribution is 2.32. The molecule has 0 saturated carbocycles. The zero-order valence-corrected chi connectivity index (χ0v) is 13.4. The molecule has 1 N–H and O–H groups in total. The lowest BCUT2D eigenvalue weighted by atomic mass is 9.82. The summed E-state index contributed by atoms with van der Waals surface area (Å²) < 4.78 is 14.1. The molecule has 2 atom stereocenters. The number of likely N-dealkylation sites (tertiary alicyclic amines) is 1. The Labute approximate surface area is 131 Å². The average molecular weight is 304 g/mol. The summed E-state index contributed by atoms with van der Waals surface area (Å²) in [6.45, 7) is 7.40. The van der Waals surface area contributed by atoms with Crippen molar-refractivity contribution < 1.29 is 9.18 Å². The molecule has 0 bridgehead atoms. The van der Waals surface area contributed by atoms with Gasteiger partial charge in [0.1, 0.15) is 5.82 Å². The van der Waals surface area contributed by atoms with E-state index in [9.17, 15) is 9.18 Å². The largest absolute Gasteiger partial charge is 0.342 e. The lowest BCUT2D eigenvalue weighted by Gasteiger charge is -2.32. The van der Waals surface area contributed by atoms with Gasteiger partial charge in [0.2, 0.25) is 5.91 Å². The Morgan fingerprint density at radius 3 is 2.36 bits per heavy atom. The summed E-state index contributed by atoms with van der Waals surface area (Å²) in [5, 5.41) is 3.45. The first-order chi connectivity index (χ1) is 10.5. The van der Waals surface area contributed by atoms with Gasteiger partial charge in [0.05, 0.1) is 5.41 Å². The van der Waals surface area contributed by atoms with Crippen LogP contribution in [0.3, 0.4) is 0 Å². The third kappa shape index (κ3) is 2.76. The number of amides is 1. The molecule has 2 heterocycles. The van der Waals surface area contributed by atoms with Crippen molar-refractivity contribution in [2.24, 2.45) is 11.8 Å². The minimum Gasteiger partial charge on any atom is -0.342 e. The number of carbonyl (C=O) groups is 1.